The van der Waals surface area contributed by atoms with Crippen LogP contribution >= 0.6 is 11.3 Å². The van der Waals surface area contributed by atoms with Gasteiger partial charge in [0.25, 0.3) is 0 Å². The maximum absolute atomic E-state index is 13.3. The molecular formula is C10H10FNS. The van der Waals surface area contributed by atoms with Crippen molar-refractivity contribution in [3.8, 4) is 0 Å². The number of hydrogen-bond donors (Lipinski definition) is 0. The van der Waals surface area contributed by atoms with Gasteiger partial charge in [-0.15, -0.1) is 11.3 Å². The smallest absolute Gasteiger partial charge is 0.128 e. The third kappa shape index (κ3) is 1.56. The van der Waals surface area contributed by atoms with Crippen molar-refractivity contribution in [1.82, 2.24) is 4.98 Å². The lowest BCUT2D eigenvalue weighted by Gasteiger charge is -2.00. The van der Waals surface area contributed by atoms with Crippen LogP contribution in [0.4, 0.5) is 4.39 Å². The summed E-state index contributed by atoms with van der Waals surface area (Å²) in [4.78, 5) is 4.06. The van der Waals surface area contributed by atoms with Crippen LogP contribution in [-0.4, -0.2) is 4.98 Å². The molecule has 1 aromatic heterocycles. The number of rotatable bonds is 2. The fourth-order valence-electron chi connectivity index (χ4n) is 1.38. The monoisotopic (exact) mass is 195 g/mol. The van der Waals surface area contributed by atoms with E-state index in [4.69, 9.17) is 0 Å². The summed E-state index contributed by atoms with van der Waals surface area (Å²) in [6, 6.07) is 3.43. The molecule has 0 unspecified atom stereocenters. The summed E-state index contributed by atoms with van der Waals surface area (Å²) in [7, 11) is 0. The lowest BCUT2D eigenvalue weighted by Crippen LogP contribution is -1.88. The molecule has 1 aromatic carbocycles. The fraction of sp³-hybridized carbons (Fsp3) is 0.300. The second-order valence-corrected chi connectivity index (χ2v) is 3.90. The van der Waals surface area contributed by atoms with E-state index >= 15 is 0 Å². The van der Waals surface area contributed by atoms with Gasteiger partial charge in [0.05, 0.1) is 15.7 Å². The van der Waals surface area contributed by atoms with Gasteiger partial charge in [0.15, 0.2) is 0 Å². The molecule has 3 heteroatoms. The molecule has 2 rings (SSSR count). The van der Waals surface area contributed by atoms with Crippen LogP contribution in [0.1, 0.15) is 18.9 Å². The van der Waals surface area contributed by atoms with Crippen LogP contribution in [0.3, 0.4) is 0 Å². The van der Waals surface area contributed by atoms with Crippen molar-refractivity contribution in [2.24, 2.45) is 0 Å². The van der Waals surface area contributed by atoms with Crippen molar-refractivity contribution in [3.63, 3.8) is 0 Å². The first-order chi connectivity index (χ1) is 6.31. The molecule has 0 atom stereocenters. The molecule has 1 heterocycles. The number of fused-ring (bicyclic) bond motifs is 1. The van der Waals surface area contributed by atoms with E-state index in [0.717, 1.165) is 28.6 Å². The fourth-order valence-corrected chi connectivity index (χ4v) is 2.10. The van der Waals surface area contributed by atoms with Gasteiger partial charge in [-0.3, -0.25) is 0 Å². The summed E-state index contributed by atoms with van der Waals surface area (Å²) < 4.78 is 14.4. The van der Waals surface area contributed by atoms with Crippen molar-refractivity contribution < 1.29 is 4.39 Å². The number of aromatic nitrogens is 1. The highest BCUT2D eigenvalue weighted by atomic mass is 32.1. The number of thiazole rings is 1. The normalized spacial score (nSPS) is 10.9. The van der Waals surface area contributed by atoms with E-state index in [9.17, 15) is 4.39 Å². The van der Waals surface area contributed by atoms with Crippen molar-refractivity contribution in [1.29, 1.82) is 0 Å². The molecule has 68 valence electrons. The molecular weight excluding hydrogens is 185 g/mol. The van der Waals surface area contributed by atoms with Gasteiger partial charge in [-0.1, -0.05) is 13.3 Å². The van der Waals surface area contributed by atoms with E-state index in [1.54, 1.807) is 16.8 Å². The zero-order valence-electron chi connectivity index (χ0n) is 7.38. The van der Waals surface area contributed by atoms with E-state index in [1.807, 2.05) is 6.07 Å². The van der Waals surface area contributed by atoms with Crippen molar-refractivity contribution in [2.75, 3.05) is 0 Å². The minimum Gasteiger partial charge on any atom is -0.245 e. The van der Waals surface area contributed by atoms with Gasteiger partial charge in [-0.05, 0) is 18.1 Å². The van der Waals surface area contributed by atoms with Crippen molar-refractivity contribution in [2.45, 2.75) is 19.8 Å². The van der Waals surface area contributed by atoms with Crippen LogP contribution in [0.25, 0.3) is 10.2 Å². The van der Waals surface area contributed by atoms with Crippen LogP contribution in [0.5, 0.6) is 0 Å². The summed E-state index contributed by atoms with van der Waals surface area (Å²) in [5.41, 5.74) is 3.32. The first-order valence-corrected chi connectivity index (χ1v) is 5.21. The third-order valence-electron chi connectivity index (χ3n) is 2.02. The summed E-state index contributed by atoms with van der Waals surface area (Å²) in [5, 5.41) is 0. The molecule has 13 heavy (non-hydrogen) atoms. The Labute approximate surface area is 80.2 Å². The van der Waals surface area contributed by atoms with Gasteiger partial charge in [0.1, 0.15) is 5.82 Å². The Kier molecular flexibility index (Phi) is 2.27. The Bertz CT molecular complexity index is 422. The first-order valence-electron chi connectivity index (χ1n) is 4.33. The lowest BCUT2D eigenvalue weighted by atomic mass is 10.1. The molecule has 0 fully saturated rings. The number of aryl methyl sites for hydroxylation is 1. The highest BCUT2D eigenvalue weighted by Gasteiger charge is 2.05. The Morgan fingerprint density at radius 1 is 1.46 bits per heavy atom. The van der Waals surface area contributed by atoms with Gasteiger partial charge < -0.3 is 0 Å². The Balaban J connectivity index is 2.56. The van der Waals surface area contributed by atoms with Gasteiger partial charge in [-0.2, -0.15) is 0 Å². The maximum atomic E-state index is 13.3. The predicted molar refractivity (Wildman–Crippen MR) is 53.6 cm³/mol. The largest absolute Gasteiger partial charge is 0.245 e. The minimum atomic E-state index is -0.125. The SMILES string of the molecule is CCCc1cc2scnc2cc1F. The van der Waals surface area contributed by atoms with Crippen LogP contribution < -0.4 is 0 Å². The third-order valence-corrected chi connectivity index (χ3v) is 2.81. The zero-order valence-corrected chi connectivity index (χ0v) is 8.20. The molecule has 1 nitrogen and oxygen atoms in total. The highest BCUT2D eigenvalue weighted by molar-refractivity contribution is 7.16. The van der Waals surface area contributed by atoms with Crippen LogP contribution in [0.2, 0.25) is 0 Å². The van der Waals surface area contributed by atoms with Gasteiger partial charge in [0.2, 0.25) is 0 Å². The molecule has 0 saturated carbocycles. The molecule has 0 spiro atoms. The second kappa shape index (κ2) is 3.42. The van der Waals surface area contributed by atoms with E-state index in [1.165, 1.54) is 6.07 Å². The van der Waals surface area contributed by atoms with Crippen molar-refractivity contribution in [3.05, 3.63) is 29.0 Å². The number of halogens is 1. The molecule has 0 saturated heterocycles. The molecule has 0 aliphatic carbocycles. The van der Waals surface area contributed by atoms with Crippen molar-refractivity contribution >= 4 is 21.6 Å². The Morgan fingerprint density at radius 2 is 2.31 bits per heavy atom. The molecule has 0 aliphatic rings. The molecule has 0 radical (unpaired) electrons. The minimum absolute atomic E-state index is 0.125. The van der Waals surface area contributed by atoms with Crippen LogP contribution in [0.15, 0.2) is 17.6 Å². The molecule has 0 amide bonds. The van der Waals surface area contributed by atoms with E-state index in [0.29, 0.717) is 0 Å². The predicted octanol–water partition coefficient (Wildman–Crippen LogP) is 3.39. The Hall–Kier alpha value is -0.960. The van der Waals surface area contributed by atoms with E-state index in [2.05, 4.69) is 11.9 Å². The molecule has 0 N–H and O–H groups in total. The zero-order chi connectivity index (χ0) is 9.26. The lowest BCUT2D eigenvalue weighted by molar-refractivity contribution is 0.609. The standard InChI is InChI=1S/C10H10FNS/c1-2-3-7-4-10-9(5-8(7)11)12-6-13-10/h4-6H,2-3H2,1H3. The number of nitrogens with zero attached hydrogens (tertiary/aromatic N) is 1. The maximum Gasteiger partial charge on any atom is 0.128 e. The summed E-state index contributed by atoms with van der Waals surface area (Å²) in [6.45, 7) is 2.05. The second-order valence-electron chi connectivity index (χ2n) is 3.01. The quantitative estimate of drug-likeness (QED) is 0.715. The van der Waals surface area contributed by atoms with Gasteiger partial charge in [0, 0.05) is 6.07 Å². The molecule has 0 bridgehead atoms. The molecule has 2 aromatic rings. The number of benzene rings is 1. The first kappa shape index (κ1) is 8.63. The number of hydrogen-bond acceptors (Lipinski definition) is 2. The summed E-state index contributed by atoms with van der Waals surface area (Å²) in [5.74, 6) is -0.125. The average Bonchev–Trinajstić information content (AvgIpc) is 2.52. The summed E-state index contributed by atoms with van der Waals surface area (Å²) >= 11 is 1.56. The van der Waals surface area contributed by atoms with Gasteiger partial charge in [-0.25, -0.2) is 9.37 Å². The summed E-state index contributed by atoms with van der Waals surface area (Å²) in [6.07, 6.45) is 1.78. The van der Waals surface area contributed by atoms with Crippen LogP contribution in [0, 0.1) is 5.82 Å². The van der Waals surface area contributed by atoms with E-state index in [-0.39, 0.29) is 5.82 Å². The topological polar surface area (TPSA) is 12.9 Å². The highest BCUT2D eigenvalue weighted by Crippen LogP contribution is 2.22. The van der Waals surface area contributed by atoms with Gasteiger partial charge >= 0.3 is 0 Å². The average molecular weight is 195 g/mol. The molecule has 0 aliphatic heterocycles. The van der Waals surface area contributed by atoms with Crippen LogP contribution in [-0.2, 0) is 6.42 Å². The Morgan fingerprint density at radius 3 is 3.08 bits per heavy atom. The van der Waals surface area contributed by atoms with E-state index < -0.39 is 0 Å².